The average molecular weight is 391 g/mol. The van der Waals surface area contributed by atoms with E-state index in [0.29, 0.717) is 18.8 Å². The van der Waals surface area contributed by atoms with E-state index in [-0.39, 0.29) is 11.6 Å². The van der Waals surface area contributed by atoms with Crippen LogP contribution in [0.1, 0.15) is 75.6 Å². The fourth-order valence-corrected chi connectivity index (χ4v) is 5.59. The monoisotopic (exact) mass is 390 g/mol. The van der Waals surface area contributed by atoms with Gasteiger partial charge in [0.05, 0.1) is 18.8 Å². The van der Waals surface area contributed by atoms with Crippen molar-refractivity contribution in [3.8, 4) is 0 Å². The first kappa shape index (κ1) is 19.5. The Labute approximate surface area is 167 Å². The van der Waals surface area contributed by atoms with Crippen molar-refractivity contribution < 1.29 is 4.74 Å². The van der Waals surface area contributed by atoms with Crippen LogP contribution in [0.5, 0.6) is 0 Å². The van der Waals surface area contributed by atoms with Crippen LogP contribution in [0.2, 0.25) is 0 Å². The number of hydrogen-bond donors (Lipinski definition) is 1. The van der Waals surface area contributed by atoms with Gasteiger partial charge in [0.1, 0.15) is 0 Å². The normalized spacial score (nSPS) is 30.9. The lowest BCUT2D eigenvalue weighted by Gasteiger charge is -2.37. The maximum absolute atomic E-state index is 12.9. The van der Waals surface area contributed by atoms with Gasteiger partial charge in [-0.15, -0.1) is 0 Å². The number of rotatable bonds is 7. The lowest BCUT2D eigenvalue weighted by atomic mass is 9.86. The van der Waals surface area contributed by atoms with Gasteiger partial charge in [0.2, 0.25) is 0 Å². The minimum Gasteiger partial charge on any atom is -0.376 e. The number of pyridine rings is 1. The lowest BCUT2D eigenvalue weighted by Crippen LogP contribution is -2.46. The fourth-order valence-electron chi connectivity index (χ4n) is 4.58. The van der Waals surface area contributed by atoms with E-state index in [4.69, 9.17) is 4.74 Å². The lowest BCUT2D eigenvalue weighted by molar-refractivity contribution is -0.00679. The summed E-state index contributed by atoms with van der Waals surface area (Å²) in [7, 11) is 0. The molecule has 2 fully saturated rings. The molecule has 1 N–H and O–H groups in total. The number of aromatic nitrogens is 1. The third-order valence-electron chi connectivity index (χ3n) is 6.68. The Morgan fingerprint density at radius 1 is 1.15 bits per heavy atom. The van der Waals surface area contributed by atoms with Crippen LogP contribution in [0, 0.1) is 12.8 Å². The highest BCUT2D eigenvalue weighted by atomic mass is 32.2. The van der Waals surface area contributed by atoms with Gasteiger partial charge >= 0.3 is 0 Å². The Morgan fingerprint density at radius 2 is 1.93 bits per heavy atom. The molecular weight excluding hydrogens is 356 g/mol. The number of hydrogen-bond acceptors (Lipinski definition) is 4. The van der Waals surface area contributed by atoms with Gasteiger partial charge in [0.25, 0.3) is 5.56 Å². The molecule has 2 heterocycles. The molecule has 150 valence electrons. The number of nitrogens with one attached hydrogen (secondary N) is 1. The molecule has 0 saturated heterocycles. The second-order valence-corrected chi connectivity index (χ2v) is 9.85. The van der Waals surface area contributed by atoms with Crippen molar-refractivity contribution >= 4 is 11.9 Å². The minimum atomic E-state index is 0.108. The molecule has 0 radical (unpaired) electrons. The Kier molecular flexibility index (Phi) is 6.30. The Bertz CT molecular complexity index is 692. The van der Waals surface area contributed by atoms with E-state index in [1.807, 2.05) is 29.5 Å². The van der Waals surface area contributed by atoms with Crippen molar-refractivity contribution in [2.24, 2.45) is 5.92 Å². The van der Waals surface area contributed by atoms with E-state index in [1.165, 1.54) is 50.6 Å². The van der Waals surface area contributed by atoms with Crippen molar-refractivity contribution in [1.29, 1.82) is 0 Å². The van der Waals surface area contributed by atoms with Gasteiger partial charge in [-0.05, 0) is 70.3 Å². The molecule has 3 aliphatic rings. The van der Waals surface area contributed by atoms with Crippen molar-refractivity contribution in [1.82, 2.24) is 9.29 Å². The summed E-state index contributed by atoms with van der Waals surface area (Å²) in [5, 5.41) is 0.770. The first-order valence-corrected chi connectivity index (χ1v) is 11.8. The number of nitrogens with zero attached hydrogens (tertiary/aromatic N) is 1. The second-order valence-electron chi connectivity index (χ2n) is 8.71. The second kappa shape index (κ2) is 8.71. The summed E-state index contributed by atoms with van der Waals surface area (Å²) in [5.41, 5.74) is 2.17. The molecule has 4 rings (SSSR count). The molecule has 27 heavy (non-hydrogen) atoms. The van der Waals surface area contributed by atoms with Crippen molar-refractivity contribution in [2.75, 3.05) is 6.61 Å². The van der Waals surface area contributed by atoms with E-state index in [9.17, 15) is 4.79 Å². The van der Waals surface area contributed by atoms with Crippen molar-refractivity contribution in [3.05, 3.63) is 33.7 Å². The molecule has 0 spiro atoms. The number of aryl methyl sites for hydroxylation is 2. The maximum Gasteiger partial charge on any atom is 0.254 e. The highest BCUT2D eigenvalue weighted by molar-refractivity contribution is 7.98. The zero-order valence-electron chi connectivity index (χ0n) is 16.8. The van der Waals surface area contributed by atoms with Crippen molar-refractivity contribution in [2.45, 2.75) is 95.1 Å². The van der Waals surface area contributed by atoms with E-state index in [0.717, 1.165) is 29.6 Å². The van der Waals surface area contributed by atoms with Crippen LogP contribution in [0.25, 0.3) is 0 Å². The molecule has 0 aromatic carbocycles. The number of ether oxygens (including phenoxy) is 1. The van der Waals surface area contributed by atoms with Gasteiger partial charge < -0.3 is 9.30 Å². The van der Waals surface area contributed by atoms with E-state index in [1.54, 1.807) is 0 Å². The van der Waals surface area contributed by atoms with Crippen LogP contribution in [-0.2, 0) is 11.2 Å². The summed E-state index contributed by atoms with van der Waals surface area (Å²) in [6.45, 7) is 4.88. The Balaban J connectivity index is 1.47. The number of fused-ring (bicyclic) bond motifs is 1. The zero-order chi connectivity index (χ0) is 18.8. The molecule has 1 aromatic rings. The summed E-state index contributed by atoms with van der Waals surface area (Å²) in [5.74, 6) is 0.884. The van der Waals surface area contributed by atoms with Crippen LogP contribution in [-0.4, -0.2) is 28.6 Å². The van der Waals surface area contributed by atoms with Gasteiger partial charge in [-0.2, -0.15) is 0 Å². The predicted octanol–water partition coefficient (Wildman–Crippen LogP) is 4.40. The van der Waals surface area contributed by atoms with Crippen LogP contribution in [0.15, 0.2) is 16.9 Å². The first-order valence-electron chi connectivity index (χ1n) is 10.9. The summed E-state index contributed by atoms with van der Waals surface area (Å²) in [4.78, 5) is 12.9. The third-order valence-corrected chi connectivity index (χ3v) is 7.93. The average Bonchev–Trinajstić information content (AvgIpc) is 3.52. The summed E-state index contributed by atoms with van der Waals surface area (Å²) in [6.07, 6.45) is 11.3. The van der Waals surface area contributed by atoms with Gasteiger partial charge in [-0.25, -0.2) is 0 Å². The highest BCUT2D eigenvalue weighted by Gasteiger charge is 2.33. The molecule has 0 amide bonds. The van der Waals surface area contributed by atoms with E-state index in [2.05, 4.69) is 17.7 Å². The zero-order valence-corrected chi connectivity index (χ0v) is 17.6. The van der Waals surface area contributed by atoms with Gasteiger partial charge in [-0.1, -0.05) is 31.4 Å². The third kappa shape index (κ3) is 4.63. The molecule has 4 nitrogen and oxygen atoms in total. The van der Waals surface area contributed by atoms with Gasteiger partial charge in [0.15, 0.2) is 0 Å². The van der Waals surface area contributed by atoms with Gasteiger partial charge in [-0.3, -0.25) is 9.52 Å². The predicted molar refractivity (Wildman–Crippen MR) is 112 cm³/mol. The van der Waals surface area contributed by atoms with Crippen molar-refractivity contribution in [3.63, 3.8) is 0 Å². The fraction of sp³-hybridized carbons (Fsp3) is 0.773. The molecule has 2 atom stereocenters. The summed E-state index contributed by atoms with van der Waals surface area (Å²) < 4.78 is 12.2. The quantitative estimate of drug-likeness (QED) is 0.701. The molecule has 2 aliphatic carbocycles. The molecule has 0 bridgehead atoms. The van der Waals surface area contributed by atoms with E-state index >= 15 is 0 Å². The SMILES string of the molecule is CCC1CCC(OCC2C(NSC3CC3)CCc3ccc(C)c(=O)n32)CC1. The standard InChI is InChI=1S/C22H34N2O2S/c1-3-16-5-9-18(10-6-16)26-14-21-20(23-27-19-11-12-19)13-8-17-7-4-15(2)22(25)24(17)21/h4,7,16,18-21,23H,3,5-6,8-14H2,1-2H3. The molecule has 2 saturated carbocycles. The Hall–Kier alpha value is -0.780. The molecular formula is C22H34N2O2S. The molecule has 5 heteroatoms. The Morgan fingerprint density at radius 3 is 2.63 bits per heavy atom. The highest BCUT2D eigenvalue weighted by Crippen LogP contribution is 2.35. The molecule has 1 aromatic heterocycles. The van der Waals surface area contributed by atoms with E-state index < -0.39 is 0 Å². The van der Waals surface area contributed by atoms with Crippen LogP contribution >= 0.6 is 11.9 Å². The summed E-state index contributed by atoms with van der Waals surface area (Å²) >= 11 is 1.88. The van der Waals surface area contributed by atoms with Crippen LogP contribution in [0.3, 0.4) is 0 Å². The largest absolute Gasteiger partial charge is 0.376 e. The van der Waals surface area contributed by atoms with Crippen LogP contribution < -0.4 is 10.3 Å². The van der Waals surface area contributed by atoms with Gasteiger partial charge in [0, 0.05) is 22.5 Å². The maximum atomic E-state index is 12.9. The molecule has 2 unspecified atom stereocenters. The molecule has 1 aliphatic heterocycles. The topological polar surface area (TPSA) is 43.3 Å². The smallest absolute Gasteiger partial charge is 0.254 e. The van der Waals surface area contributed by atoms with Crippen LogP contribution in [0.4, 0.5) is 0 Å². The minimum absolute atomic E-state index is 0.108. The summed E-state index contributed by atoms with van der Waals surface area (Å²) in [6, 6.07) is 4.54. The first-order chi connectivity index (χ1) is 13.2.